The highest BCUT2D eigenvalue weighted by Crippen LogP contribution is 2.20. The molecule has 0 unspecified atom stereocenters. The van der Waals surface area contributed by atoms with Crippen LogP contribution >= 0.6 is 11.6 Å². The van der Waals surface area contributed by atoms with Crippen molar-refractivity contribution in [2.75, 3.05) is 5.32 Å². The van der Waals surface area contributed by atoms with E-state index in [1.165, 1.54) is 0 Å². The largest absolute Gasteiger partial charge is 0.342 e. The summed E-state index contributed by atoms with van der Waals surface area (Å²) < 4.78 is 1.93. The SMILES string of the molecule is CC(C)C[C@@H](C(=O)Nc1ccc(Cl)nc1)n1cccc1. The van der Waals surface area contributed by atoms with Crippen molar-refractivity contribution >= 4 is 23.2 Å². The summed E-state index contributed by atoms with van der Waals surface area (Å²) in [4.78, 5) is 16.4. The highest BCUT2D eigenvalue weighted by Gasteiger charge is 2.21. The third kappa shape index (κ3) is 3.84. The third-order valence-corrected chi connectivity index (χ3v) is 3.20. The van der Waals surface area contributed by atoms with Crippen molar-refractivity contribution in [2.24, 2.45) is 5.92 Å². The fourth-order valence-electron chi connectivity index (χ4n) is 2.04. The topological polar surface area (TPSA) is 46.9 Å². The van der Waals surface area contributed by atoms with E-state index in [0.717, 1.165) is 6.42 Å². The van der Waals surface area contributed by atoms with Crippen LogP contribution in [0, 0.1) is 5.92 Å². The van der Waals surface area contributed by atoms with Gasteiger partial charge in [0, 0.05) is 12.4 Å². The average molecular weight is 292 g/mol. The van der Waals surface area contributed by atoms with E-state index in [9.17, 15) is 4.79 Å². The van der Waals surface area contributed by atoms with Gasteiger partial charge in [0.1, 0.15) is 11.2 Å². The van der Waals surface area contributed by atoms with Gasteiger partial charge in [-0.25, -0.2) is 4.98 Å². The number of pyridine rings is 1. The molecule has 0 aromatic carbocycles. The lowest BCUT2D eigenvalue weighted by molar-refractivity contribution is -0.119. The van der Waals surface area contributed by atoms with Crippen LogP contribution in [0.2, 0.25) is 5.15 Å². The van der Waals surface area contributed by atoms with Crippen LogP contribution < -0.4 is 5.32 Å². The lowest BCUT2D eigenvalue weighted by Crippen LogP contribution is -2.26. The van der Waals surface area contributed by atoms with Gasteiger partial charge in [-0.15, -0.1) is 0 Å². The van der Waals surface area contributed by atoms with E-state index in [1.54, 1.807) is 18.3 Å². The molecule has 5 heteroatoms. The molecule has 1 N–H and O–H groups in total. The number of halogens is 1. The van der Waals surface area contributed by atoms with Gasteiger partial charge >= 0.3 is 0 Å². The number of amides is 1. The summed E-state index contributed by atoms with van der Waals surface area (Å²) in [6, 6.07) is 7.02. The van der Waals surface area contributed by atoms with E-state index in [0.29, 0.717) is 16.8 Å². The zero-order chi connectivity index (χ0) is 14.5. The molecule has 0 radical (unpaired) electrons. The lowest BCUT2D eigenvalue weighted by Gasteiger charge is -2.20. The molecule has 0 saturated carbocycles. The first-order chi connectivity index (χ1) is 9.56. The molecule has 2 aromatic heterocycles. The van der Waals surface area contributed by atoms with Crippen molar-refractivity contribution in [3.05, 3.63) is 48.0 Å². The normalized spacial score (nSPS) is 12.4. The Morgan fingerprint density at radius 3 is 2.60 bits per heavy atom. The first-order valence-electron chi connectivity index (χ1n) is 6.61. The van der Waals surface area contributed by atoms with E-state index in [2.05, 4.69) is 24.1 Å². The number of aromatic nitrogens is 2. The average Bonchev–Trinajstić information content (AvgIpc) is 2.92. The summed E-state index contributed by atoms with van der Waals surface area (Å²) in [5.41, 5.74) is 0.653. The van der Waals surface area contributed by atoms with Gasteiger partial charge in [0.15, 0.2) is 0 Å². The zero-order valence-electron chi connectivity index (χ0n) is 11.6. The number of anilines is 1. The van der Waals surface area contributed by atoms with Gasteiger partial charge in [-0.2, -0.15) is 0 Å². The molecule has 2 heterocycles. The van der Waals surface area contributed by atoms with E-state index < -0.39 is 0 Å². The number of hydrogen-bond donors (Lipinski definition) is 1. The van der Waals surface area contributed by atoms with Crippen LogP contribution in [-0.4, -0.2) is 15.5 Å². The van der Waals surface area contributed by atoms with Crippen LogP contribution in [0.5, 0.6) is 0 Å². The van der Waals surface area contributed by atoms with E-state index in [4.69, 9.17) is 11.6 Å². The molecule has 0 aliphatic heterocycles. The molecule has 106 valence electrons. The maximum absolute atomic E-state index is 12.4. The molecule has 1 amide bonds. The van der Waals surface area contributed by atoms with Crippen molar-refractivity contribution in [1.29, 1.82) is 0 Å². The molecule has 0 aliphatic carbocycles. The van der Waals surface area contributed by atoms with E-state index in [-0.39, 0.29) is 11.9 Å². The predicted octanol–water partition coefficient (Wildman–Crippen LogP) is 3.76. The van der Waals surface area contributed by atoms with Gasteiger partial charge in [-0.05, 0) is 36.6 Å². The first-order valence-corrected chi connectivity index (χ1v) is 6.99. The summed E-state index contributed by atoms with van der Waals surface area (Å²) >= 11 is 5.73. The summed E-state index contributed by atoms with van der Waals surface area (Å²) in [5, 5.41) is 3.29. The smallest absolute Gasteiger partial charge is 0.247 e. The van der Waals surface area contributed by atoms with Crippen molar-refractivity contribution < 1.29 is 4.79 Å². The number of hydrogen-bond acceptors (Lipinski definition) is 2. The van der Waals surface area contributed by atoms with Crippen LogP contribution in [0.15, 0.2) is 42.9 Å². The van der Waals surface area contributed by atoms with Crippen LogP contribution in [0.25, 0.3) is 0 Å². The summed E-state index contributed by atoms with van der Waals surface area (Å²) in [7, 11) is 0. The van der Waals surface area contributed by atoms with Crippen molar-refractivity contribution in [2.45, 2.75) is 26.3 Å². The molecule has 2 rings (SSSR count). The van der Waals surface area contributed by atoms with Gasteiger partial charge in [0.2, 0.25) is 5.91 Å². The van der Waals surface area contributed by atoms with Crippen LogP contribution in [0.3, 0.4) is 0 Å². The molecule has 0 aliphatic rings. The quantitative estimate of drug-likeness (QED) is 0.853. The lowest BCUT2D eigenvalue weighted by atomic mass is 10.0. The maximum atomic E-state index is 12.4. The van der Waals surface area contributed by atoms with Gasteiger partial charge in [-0.3, -0.25) is 4.79 Å². The second kappa shape index (κ2) is 6.57. The Balaban J connectivity index is 2.12. The third-order valence-electron chi connectivity index (χ3n) is 2.98. The Hall–Kier alpha value is -1.81. The molecule has 4 nitrogen and oxygen atoms in total. The molecule has 0 fully saturated rings. The van der Waals surface area contributed by atoms with Crippen LogP contribution in [-0.2, 0) is 4.79 Å². The summed E-state index contributed by atoms with van der Waals surface area (Å²) in [6.07, 6.45) is 6.16. The second-order valence-electron chi connectivity index (χ2n) is 5.13. The van der Waals surface area contributed by atoms with Gasteiger partial charge in [-0.1, -0.05) is 25.4 Å². The Morgan fingerprint density at radius 1 is 1.35 bits per heavy atom. The van der Waals surface area contributed by atoms with Gasteiger partial charge in [0.05, 0.1) is 11.9 Å². The highest BCUT2D eigenvalue weighted by atomic mass is 35.5. The van der Waals surface area contributed by atoms with Gasteiger partial charge < -0.3 is 9.88 Å². The first kappa shape index (κ1) is 14.6. The number of carbonyl (C=O) groups excluding carboxylic acids is 1. The zero-order valence-corrected chi connectivity index (χ0v) is 12.3. The summed E-state index contributed by atoms with van der Waals surface area (Å²) in [5.74, 6) is 0.385. The van der Waals surface area contributed by atoms with Crippen LogP contribution in [0.4, 0.5) is 5.69 Å². The van der Waals surface area contributed by atoms with E-state index in [1.807, 2.05) is 29.1 Å². The number of carbonyl (C=O) groups is 1. The second-order valence-corrected chi connectivity index (χ2v) is 5.52. The summed E-state index contributed by atoms with van der Waals surface area (Å²) in [6.45, 7) is 4.21. The minimum Gasteiger partial charge on any atom is -0.342 e. The predicted molar refractivity (Wildman–Crippen MR) is 80.8 cm³/mol. The Morgan fingerprint density at radius 2 is 2.05 bits per heavy atom. The molecule has 0 bridgehead atoms. The van der Waals surface area contributed by atoms with Crippen molar-refractivity contribution in [3.63, 3.8) is 0 Å². The monoisotopic (exact) mass is 291 g/mol. The van der Waals surface area contributed by atoms with Gasteiger partial charge in [0.25, 0.3) is 0 Å². The van der Waals surface area contributed by atoms with E-state index >= 15 is 0 Å². The molecule has 20 heavy (non-hydrogen) atoms. The molecule has 0 spiro atoms. The van der Waals surface area contributed by atoms with Crippen molar-refractivity contribution in [1.82, 2.24) is 9.55 Å². The minimum absolute atomic E-state index is 0.0426. The minimum atomic E-state index is -0.222. The molecule has 2 aromatic rings. The number of rotatable bonds is 5. The molecule has 0 saturated heterocycles. The van der Waals surface area contributed by atoms with Crippen LogP contribution in [0.1, 0.15) is 26.3 Å². The molecule has 1 atom stereocenters. The Bertz CT molecular complexity index is 549. The maximum Gasteiger partial charge on any atom is 0.247 e. The standard InChI is InChI=1S/C15H18ClN3O/c1-11(2)9-13(19-7-3-4-8-19)15(20)18-12-5-6-14(16)17-10-12/h3-8,10-11,13H,9H2,1-2H3,(H,18,20)/t13-/m0/s1. The van der Waals surface area contributed by atoms with Crippen molar-refractivity contribution in [3.8, 4) is 0 Å². The fourth-order valence-corrected chi connectivity index (χ4v) is 2.15. The number of nitrogens with zero attached hydrogens (tertiary/aromatic N) is 2. The molecular formula is C15H18ClN3O. The highest BCUT2D eigenvalue weighted by molar-refractivity contribution is 6.29. The number of nitrogens with one attached hydrogen (secondary N) is 1. The fraction of sp³-hybridized carbons (Fsp3) is 0.333. The Labute approximate surface area is 123 Å². The molecular weight excluding hydrogens is 274 g/mol. The Kier molecular flexibility index (Phi) is 4.79.